The molecule has 0 unspecified atom stereocenters. The summed E-state index contributed by atoms with van der Waals surface area (Å²) in [6.07, 6.45) is 2.55. The average Bonchev–Trinajstić information content (AvgIpc) is 3.21. The number of nitrogens with one attached hydrogen (secondary N) is 2. The van der Waals surface area contributed by atoms with E-state index in [2.05, 4.69) is 33.0 Å². The number of hydrogen-bond donors (Lipinski definition) is 2. The predicted octanol–water partition coefficient (Wildman–Crippen LogP) is 4.51. The second-order valence-electron chi connectivity index (χ2n) is 6.96. The van der Waals surface area contributed by atoms with Crippen LogP contribution < -0.4 is 10.6 Å². The smallest absolute Gasteiger partial charge is 0.286 e. The molecule has 1 heterocycles. The van der Waals surface area contributed by atoms with Crippen molar-refractivity contribution in [1.29, 1.82) is 0 Å². The molecule has 0 aliphatic carbocycles. The van der Waals surface area contributed by atoms with Crippen LogP contribution in [0.5, 0.6) is 0 Å². The molecule has 30 heavy (non-hydrogen) atoms. The molecule has 6 nitrogen and oxygen atoms in total. The number of hydrogen-bond acceptors (Lipinski definition) is 5. The number of nitrogens with zero attached hydrogens (tertiary/aromatic N) is 2. The van der Waals surface area contributed by atoms with E-state index in [0.29, 0.717) is 28.6 Å². The first-order valence-corrected chi connectivity index (χ1v) is 10.9. The summed E-state index contributed by atoms with van der Waals surface area (Å²) in [4.78, 5) is 24.5. The molecule has 2 aromatic carbocycles. The van der Waals surface area contributed by atoms with Crippen molar-refractivity contribution in [2.75, 3.05) is 5.32 Å². The third-order valence-electron chi connectivity index (χ3n) is 4.43. The highest BCUT2D eigenvalue weighted by Crippen LogP contribution is 2.18. The van der Waals surface area contributed by atoms with Crippen molar-refractivity contribution in [1.82, 2.24) is 15.5 Å². The van der Waals surface area contributed by atoms with Gasteiger partial charge in [-0.2, -0.15) is 0 Å². The number of anilines is 1. The molecule has 0 aliphatic rings. The van der Waals surface area contributed by atoms with Gasteiger partial charge in [-0.15, -0.1) is 10.2 Å². The topological polar surface area (TPSA) is 84.0 Å². The van der Waals surface area contributed by atoms with Crippen molar-refractivity contribution in [3.8, 4) is 0 Å². The largest absolute Gasteiger partial charge is 0.354 e. The van der Waals surface area contributed by atoms with E-state index in [9.17, 15) is 9.59 Å². The zero-order chi connectivity index (χ0) is 21.3. The second kappa shape index (κ2) is 10.8. The first kappa shape index (κ1) is 21.9. The van der Waals surface area contributed by atoms with Crippen molar-refractivity contribution in [2.45, 2.75) is 38.6 Å². The minimum absolute atomic E-state index is 0.0318. The Labute approximate surface area is 184 Å². The Bertz CT molecular complexity index is 994. The third kappa shape index (κ3) is 6.93. The third-order valence-corrected chi connectivity index (χ3v) is 5.64. The van der Waals surface area contributed by atoms with Crippen LogP contribution in [0.4, 0.5) is 5.69 Å². The predicted molar refractivity (Wildman–Crippen MR) is 120 cm³/mol. The lowest BCUT2D eigenvalue weighted by molar-refractivity contribution is -0.121. The molecule has 3 aromatic rings. The van der Waals surface area contributed by atoms with Gasteiger partial charge in [0.15, 0.2) is 0 Å². The van der Waals surface area contributed by atoms with Gasteiger partial charge in [0.05, 0.1) is 0 Å². The monoisotopic (exact) mass is 442 g/mol. The van der Waals surface area contributed by atoms with E-state index in [1.807, 2.05) is 25.1 Å². The fourth-order valence-electron chi connectivity index (χ4n) is 2.86. The summed E-state index contributed by atoms with van der Waals surface area (Å²) in [7, 11) is 0. The van der Waals surface area contributed by atoms with Crippen LogP contribution in [-0.4, -0.2) is 28.1 Å². The Balaban J connectivity index is 1.42. The lowest BCUT2D eigenvalue weighted by Crippen LogP contribution is -2.33. The molecule has 0 spiro atoms. The molecule has 1 atom stereocenters. The van der Waals surface area contributed by atoms with Crippen LogP contribution in [0.15, 0.2) is 54.6 Å². The molecular weight excluding hydrogens is 420 g/mol. The highest BCUT2D eigenvalue weighted by atomic mass is 35.5. The Morgan fingerprint density at radius 3 is 2.63 bits per heavy atom. The highest BCUT2D eigenvalue weighted by molar-refractivity contribution is 7.13. The number of aromatic nitrogens is 2. The molecular formula is C22H23ClN4O2S. The van der Waals surface area contributed by atoms with Gasteiger partial charge < -0.3 is 10.6 Å². The van der Waals surface area contributed by atoms with Gasteiger partial charge in [0, 0.05) is 29.6 Å². The summed E-state index contributed by atoms with van der Waals surface area (Å²) >= 11 is 7.11. The van der Waals surface area contributed by atoms with Crippen molar-refractivity contribution in [3.63, 3.8) is 0 Å². The molecule has 0 saturated carbocycles. The number of carbonyl (C=O) groups excluding carboxylic acids is 2. The molecule has 2 N–H and O–H groups in total. The van der Waals surface area contributed by atoms with E-state index in [-0.39, 0.29) is 22.9 Å². The molecule has 0 fully saturated rings. The SMILES string of the molecule is C[C@H](CCc1ccccc1)NC(=O)CCc1nnc(C(=O)Nc2cccc(Cl)c2)s1. The number of rotatable bonds is 9. The summed E-state index contributed by atoms with van der Waals surface area (Å²) in [5.41, 5.74) is 1.85. The van der Waals surface area contributed by atoms with Gasteiger partial charge >= 0.3 is 0 Å². The van der Waals surface area contributed by atoms with Gasteiger partial charge in [-0.25, -0.2) is 0 Å². The zero-order valence-corrected chi connectivity index (χ0v) is 18.2. The van der Waals surface area contributed by atoms with Crippen molar-refractivity contribution in [2.24, 2.45) is 0 Å². The van der Waals surface area contributed by atoms with Gasteiger partial charge in [-0.1, -0.05) is 59.3 Å². The van der Waals surface area contributed by atoms with Crippen LogP contribution in [0.25, 0.3) is 0 Å². The molecule has 1 aromatic heterocycles. The minimum atomic E-state index is -0.347. The van der Waals surface area contributed by atoms with E-state index in [0.717, 1.165) is 12.8 Å². The number of benzene rings is 2. The number of amides is 2. The van der Waals surface area contributed by atoms with Gasteiger partial charge in [0.2, 0.25) is 10.9 Å². The fourth-order valence-corrected chi connectivity index (χ4v) is 3.79. The van der Waals surface area contributed by atoms with Crippen LogP contribution in [0.3, 0.4) is 0 Å². The zero-order valence-electron chi connectivity index (χ0n) is 16.6. The normalized spacial score (nSPS) is 11.7. The first-order valence-electron chi connectivity index (χ1n) is 9.72. The Hall–Kier alpha value is -2.77. The average molecular weight is 443 g/mol. The molecule has 8 heteroatoms. The number of aryl methyl sites for hydroxylation is 2. The highest BCUT2D eigenvalue weighted by Gasteiger charge is 2.15. The second-order valence-corrected chi connectivity index (χ2v) is 8.46. The van der Waals surface area contributed by atoms with E-state index in [1.165, 1.54) is 16.9 Å². The minimum Gasteiger partial charge on any atom is -0.354 e. The summed E-state index contributed by atoms with van der Waals surface area (Å²) in [5, 5.41) is 15.1. The Morgan fingerprint density at radius 1 is 1.07 bits per heavy atom. The standard InChI is InChI=1S/C22H23ClN4O2S/c1-15(10-11-16-6-3-2-4-7-16)24-19(28)12-13-20-26-27-22(30-20)21(29)25-18-9-5-8-17(23)14-18/h2-9,14-15H,10-13H2,1H3,(H,24,28)(H,25,29)/t15-/m1/s1. The summed E-state index contributed by atoms with van der Waals surface area (Å²) in [5.74, 6) is -0.379. The van der Waals surface area contributed by atoms with Crippen LogP contribution in [0.2, 0.25) is 5.02 Å². The molecule has 2 amide bonds. The first-order chi connectivity index (χ1) is 14.5. The summed E-state index contributed by atoms with van der Waals surface area (Å²) < 4.78 is 0. The summed E-state index contributed by atoms with van der Waals surface area (Å²) in [6, 6.07) is 17.2. The molecule has 156 valence electrons. The van der Waals surface area contributed by atoms with Gasteiger partial charge in [0.1, 0.15) is 5.01 Å². The van der Waals surface area contributed by atoms with E-state index in [4.69, 9.17) is 11.6 Å². The molecule has 0 bridgehead atoms. The molecule has 0 radical (unpaired) electrons. The van der Waals surface area contributed by atoms with E-state index in [1.54, 1.807) is 24.3 Å². The van der Waals surface area contributed by atoms with Crippen molar-refractivity contribution in [3.05, 3.63) is 75.2 Å². The van der Waals surface area contributed by atoms with Crippen molar-refractivity contribution >= 4 is 40.4 Å². The van der Waals surface area contributed by atoms with E-state index >= 15 is 0 Å². The maximum Gasteiger partial charge on any atom is 0.286 e. The Morgan fingerprint density at radius 2 is 1.87 bits per heavy atom. The van der Waals surface area contributed by atoms with Gasteiger partial charge in [0.25, 0.3) is 5.91 Å². The maximum atomic E-state index is 12.3. The quantitative estimate of drug-likeness (QED) is 0.510. The number of carbonyl (C=O) groups is 2. The van der Waals surface area contributed by atoms with Crippen molar-refractivity contribution < 1.29 is 9.59 Å². The number of halogens is 1. The summed E-state index contributed by atoms with van der Waals surface area (Å²) in [6.45, 7) is 2.00. The fraction of sp³-hybridized carbons (Fsp3) is 0.273. The Kier molecular flexibility index (Phi) is 7.93. The van der Waals surface area contributed by atoms with Crippen LogP contribution in [0, 0.1) is 0 Å². The van der Waals surface area contributed by atoms with E-state index < -0.39 is 0 Å². The lowest BCUT2D eigenvalue weighted by atomic mass is 10.1. The molecule has 3 rings (SSSR count). The van der Waals surface area contributed by atoms with Crippen LogP contribution in [0.1, 0.15) is 40.1 Å². The van der Waals surface area contributed by atoms with Gasteiger partial charge in [-0.3, -0.25) is 9.59 Å². The molecule has 0 aliphatic heterocycles. The lowest BCUT2D eigenvalue weighted by Gasteiger charge is -2.13. The van der Waals surface area contributed by atoms with Gasteiger partial charge in [-0.05, 0) is 43.5 Å². The van der Waals surface area contributed by atoms with Crippen LogP contribution in [-0.2, 0) is 17.6 Å². The molecule has 0 saturated heterocycles. The maximum absolute atomic E-state index is 12.3. The van der Waals surface area contributed by atoms with Crippen LogP contribution >= 0.6 is 22.9 Å².